The van der Waals surface area contributed by atoms with Gasteiger partial charge in [0.1, 0.15) is 17.9 Å². The van der Waals surface area contributed by atoms with Crippen molar-refractivity contribution in [1.29, 1.82) is 0 Å². The van der Waals surface area contributed by atoms with Gasteiger partial charge in [0.25, 0.3) is 0 Å². The normalized spacial score (nSPS) is 11.3. The number of fused-ring (bicyclic) bond motifs is 1. The highest BCUT2D eigenvalue weighted by Gasteiger charge is 2.29. The molecule has 0 aliphatic heterocycles. The van der Waals surface area contributed by atoms with Gasteiger partial charge in [0.05, 0.1) is 23.8 Å². The number of carbonyl (C=O) groups excluding carboxylic acids is 2. The molecule has 0 aliphatic rings. The second-order valence-electron chi connectivity index (χ2n) is 9.19. The molecule has 0 aliphatic carbocycles. The van der Waals surface area contributed by atoms with Gasteiger partial charge in [-0.3, -0.25) is 14.4 Å². The molecule has 3 rings (SSSR count). The van der Waals surface area contributed by atoms with E-state index in [1.165, 1.54) is 28.2 Å². The molecule has 0 saturated heterocycles. The third kappa shape index (κ3) is 5.98. The average molecular weight is 465 g/mol. The zero-order valence-electron chi connectivity index (χ0n) is 19.7. The lowest BCUT2D eigenvalue weighted by Crippen LogP contribution is -2.46. The van der Waals surface area contributed by atoms with Crippen LogP contribution >= 0.6 is 0 Å². The zero-order chi connectivity index (χ0) is 24.9. The standard InChI is InChI=1S/C27H29FN2O4/c1-5-14-29(26(33)27(2,3)4)17-24(31)30(15-19-10-12-21(28)13-11-19)16-20-18-34-23-9-7-6-8-22(23)25(20)32/h5-13,18H,1,14-17H2,2-4H3. The van der Waals surface area contributed by atoms with E-state index in [1.54, 1.807) is 63.2 Å². The van der Waals surface area contributed by atoms with Gasteiger partial charge < -0.3 is 14.2 Å². The Hall–Kier alpha value is -3.74. The van der Waals surface area contributed by atoms with E-state index >= 15 is 0 Å². The van der Waals surface area contributed by atoms with Crippen molar-refractivity contribution < 1.29 is 18.4 Å². The Bertz CT molecular complexity index is 1240. The van der Waals surface area contributed by atoms with Crippen molar-refractivity contribution in [1.82, 2.24) is 9.80 Å². The van der Waals surface area contributed by atoms with Crippen molar-refractivity contribution in [2.45, 2.75) is 33.9 Å². The summed E-state index contributed by atoms with van der Waals surface area (Å²) in [5, 5.41) is 0.422. The molecule has 0 spiro atoms. The summed E-state index contributed by atoms with van der Waals surface area (Å²) in [6, 6.07) is 12.7. The highest BCUT2D eigenvalue weighted by molar-refractivity contribution is 5.87. The lowest BCUT2D eigenvalue weighted by molar-refractivity contribution is -0.145. The summed E-state index contributed by atoms with van der Waals surface area (Å²) >= 11 is 0. The molecule has 1 aromatic heterocycles. The van der Waals surface area contributed by atoms with Crippen LogP contribution in [0, 0.1) is 11.2 Å². The number of hydrogen-bond donors (Lipinski definition) is 0. The van der Waals surface area contributed by atoms with E-state index < -0.39 is 5.41 Å². The van der Waals surface area contributed by atoms with Gasteiger partial charge in [-0.15, -0.1) is 6.58 Å². The predicted octanol–water partition coefficient (Wildman–Crippen LogP) is 4.52. The van der Waals surface area contributed by atoms with Gasteiger partial charge >= 0.3 is 0 Å². The summed E-state index contributed by atoms with van der Waals surface area (Å²) in [5.41, 5.74) is 0.557. The molecule has 3 aromatic rings. The van der Waals surface area contributed by atoms with Crippen LogP contribution in [0.4, 0.5) is 4.39 Å². The zero-order valence-corrected chi connectivity index (χ0v) is 19.7. The van der Waals surface area contributed by atoms with Crippen LogP contribution in [0.2, 0.25) is 0 Å². The van der Waals surface area contributed by atoms with Crippen LogP contribution in [0.25, 0.3) is 11.0 Å². The average Bonchev–Trinajstić information content (AvgIpc) is 2.80. The maximum atomic E-state index is 13.4. The van der Waals surface area contributed by atoms with E-state index in [1.807, 2.05) is 0 Å². The maximum absolute atomic E-state index is 13.4. The summed E-state index contributed by atoms with van der Waals surface area (Å²) in [7, 11) is 0. The lowest BCUT2D eigenvalue weighted by atomic mass is 9.94. The monoisotopic (exact) mass is 464 g/mol. The number of rotatable bonds is 8. The number of benzene rings is 2. The fourth-order valence-corrected chi connectivity index (χ4v) is 3.59. The molecular weight excluding hydrogens is 435 g/mol. The predicted molar refractivity (Wildman–Crippen MR) is 129 cm³/mol. The number of nitrogens with zero attached hydrogens (tertiary/aromatic N) is 2. The maximum Gasteiger partial charge on any atom is 0.242 e. The molecular formula is C27H29FN2O4. The highest BCUT2D eigenvalue weighted by Crippen LogP contribution is 2.19. The summed E-state index contributed by atoms with van der Waals surface area (Å²) in [5.74, 6) is -0.922. The molecule has 1 heterocycles. The third-order valence-electron chi connectivity index (χ3n) is 5.36. The Morgan fingerprint density at radius 2 is 1.71 bits per heavy atom. The molecule has 0 atom stereocenters. The number of amides is 2. The van der Waals surface area contributed by atoms with Gasteiger partial charge in [-0.05, 0) is 29.8 Å². The number of halogens is 1. The van der Waals surface area contributed by atoms with Crippen LogP contribution in [-0.4, -0.2) is 34.7 Å². The summed E-state index contributed by atoms with van der Waals surface area (Å²) in [4.78, 5) is 42.2. The largest absolute Gasteiger partial charge is 0.464 e. The molecule has 0 unspecified atom stereocenters. The number of para-hydroxylation sites is 1. The van der Waals surface area contributed by atoms with Gasteiger partial charge in [-0.25, -0.2) is 4.39 Å². The van der Waals surface area contributed by atoms with E-state index in [9.17, 15) is 18.8 Å². The topological polar surface area (TPSA) is 70.8 Å². The van der Waals surface area contributed by atoms with E-state index in [4.69, 9.17) is 4.42 Å². The smallest absolute Gasteiger partial charge is 0.242 e. The SMILES string of the molecule is C=CCN(CC(=O)N(Cc1ccc(F)cc1)Cc1coc2ccccc2c1=O)C(=O)C(C)(C)C. The van der Waals surface area contributed by atoms with Crippen molar-refractivity contribution in [3.8, 4) is 0 Å². The molecule has 34 heavy (non-hydrogen) atoms. The van der Waals surface area contributed by atoms with Gasteiger partial charge in [0, 0.05) is 18.5 Å². The van der Waals surface area contributed by atoms with E-state index in [-0.39, 0.29) is 49.2 Å². The molecule has 2 amide bonds. The molecule has 178 valence electrons. The second kappa shape index (κ2) is 10.5. The van der Waals surface area contributed by atoms with E-state index in [2.05, 4.69) is 6.58 Å². The van der Waals surface area contributed by atoms with E-state index in [0.717, 1.165) is 0 Å². The third-order valence-corrected chi connectivity index (χ3v) is 5.36. The molecule has 0 saturated carbocycles. The van der Waals surface area contributed by atoms with Crippen molar-refractivity contribution in [3.63, 3.8) is 0 Å². The van der Waals surface area contributed by atoms with Crippen molar-refractivity contribution in [2.75, 3.05) is 13.1 Å². The van der Waals surface area contributed by atoms with Gasteiger partial charge in [0.2, 0.25) is 11.8 Å². The summed E-state index contributed by atoms with van der Waals surface area (Å²) in [6.45, 7) is 9.20. The number of carbonyl (C=O) groups is 2. The Morgan fingerprint density at radius 1 is 1.03 bits per heavy atom. The summed E-state index contributed by atoms with van der Waals surface area (Å²) < 4.78 is 19.0. The first kappa shape index (κ1) is 24.9. The summed E-state index contributed by atoms with van der Waals surface area (Å²) in [6.07, 6.45) is 2.93. The Kier molecular flexibility index (Phi) is 7.66. The van der Waals surface area contributed by atoms with Crippen LogP contribution in [0.5, 0.6) is 0 Å². The minimum absolute atomic E-state index is 0.0188. The molecule has 0 N–H and O–H groups in total. The Balaban J connectivity index is 1.93. The first-order valence-electron chi connectivity index (χ1n) is 11.0. The van der Waals surface area contributed by atoms with Gasteiger partial charge in [-0.2, -0.15) is 0 Å². The molecule has 0 bridgehead atoms. The lowest BCUT2D eigenvalue weighted by Gasteiger charge is -2.31. The first-order valence-corrected chi connectivity index (χ1v) is 11.0. The van der Waals surface area contributed by atoms with Crippen LogP contribution in [-0.2, 0) is 22.7 Å². The number of hydrogen-bond acceptors (Lipinski definition) is 4. The molecule has 0 radical (unpaired) electrons. The van der Waals surface area contributed by atoms with Crippen molar-refractivity contribution >= 4 is 22.8 Å². The molecule has 0 fully saturated rings. The fourth-order valence-electron chi connectivity index (χ4n) is 3.59. The quantitative estimate of drug-likeness (QED) is 0.460. The van der Waals surface area contributed by atoms with Crippen LogP contribution in [0.15, 0.2) is 76.7 Å². The minimum Gasteiger partial charge on any atom is -0.464 e. The van der Waals surface area contributed by atoms with E-state index in [0.29, 0.717) is 22.1 Å². The second-order valence-corrected chi connectivity index (χ2v) is 9.19. The Labute approximate surface area is 198 Å². The first-order chi connectivity index (χ1) is 16.1. The molecule has 2 aromatic carbocycles. The van der Waals surface area contributed by atoms with Gasteiger partial charge in [-0.1, -0.05) is 51.1 Å². The minimum atomic E-state index is -0.676. The molecule has 7 heteroatoms. The highest BCUT2D eigenvalue weighted by atomic mass is 19.1. The van der Waals surface area contributed by atoms with Crippen LogP contribution in [0.1, 0.15) is 31.9 Å². The van der Waals surface area contributed by atoms with Gasteiger partial charge in [0.15, 0.2) is 5.43 Å². The van der Waals surface area contributed by atoms with Crippen molar-refractivity contribution in [2.24, 2.45) is 5.41 Å². The molecule has 6 nitrogen and oxygen atoms in total. The van der Waals surface area contributed by atoms with Crippen LogP contribution < -0.4 is 5.43 Å². The Morgan fingerprint density at radius 3 is 2.35 bits per heavy atom. The van der Waals surface area contributed by atoms with Crippen LogP contribution in [0.3, 0.4) is 0 Å². The fraction of sp³-hybridized carbons (Fsp3) is 0.296. The van der Waals surface area contributed by atoms with Crippen molar-refractivity contribution in [3.05, 3.63) is 94.6 Å².